The van der Waals surface area contributed by atoms with E-state index in [0.717, 1.165) is 0 Å². The normalized spacial score (nSPS) is 9.86. The number of anilines is 1. The molecule has 0 bridgehead atoms. The maximum absolute atomic E-state index is 12.0. The number of rotatable bonds is 3. The van der Waals surface area contributed by atoms with Gasteiger partial charge in [-0.1, -0.05) is 29.8 Å². The van der Waals surface area contributed by atoms with Gasteiger partial charge in [0.1, 0.15) is 0 Å². The molecule has 1 amide bonds. The molecule has 0 radical (unpaired) electrons. The number of carboxylic acids is 1. The lowest BCUT2D eigenvalue weighted by atomic mass is 10.2. The summed E-state index contributed by atoms with van der Waals surface area (Å²) in [5.74, 6) is -1.66. The Balaban J connectivity index is 1.98. The topological polar surface area (TPSA) is 81.3 Å². The summed E-state index contributed by atoms with van der Waals surface area (Å²) in [5, 5.41) is 16.5. The van der Waals surface area contributed by atoms with Crippen LogP contribution in [0.25, 0.3) is 0 Å². The molecule has 112 valence electrons. The predicted molar refractivity (Wildman–Crippen MR) is 85.9 cm³/mol. The Morgan fingerprint density at radius 1 is 1.05 bits per heavy atom. The molecule has 0 atom stereocenters. The van der Waals surface area contributed by atoms with Crippen LogP contribution in [0.4, 0.5) is 5.69 Å². The van der Waals surface area contributed by atoms with Gasteiger partial charge in [0, 0.05) is 16.3 Å². The lowest BCUT2D eigenvalue weighted by molar-refractivity contribution is -0.255. The van der Waals surface area contributed by atoms with Crippen LogP contribution >= 0.6 is 23.8 Å². The van der Waals surface area contributed by atoms with E-state index in [1.165, 1.54) is 30.3 Å². The first kappa shape index (κ1) is 15.9. The highest BCUT2D eigenvalue weighted by Crippen LogP contribution is 2.11. The first-order valence-corrected chi connectivity index (χ1v) is 6.93. The van der Waals surface area contributed by atoms with Crippen LogP contribution in [-0.2, 0) is 0 Å². The molecule has 0 aromatic heterocycles. The third kappa shape index (κ3) is 4.28. The van der Waals surface area contributed by atoms with Crippen molar-refractivity contribution in [2.75, 3.05) is 5.32 Å². The molecular formula is C15H10ClN2O3S-. The molecule has 7 heteroatoms. The molecule has 0 saturated heterocycles. The lowest BCUT2D eigenvalue weighted by Crippen LogP contribution is -2.34. The molecule has 2 rings (SSSR count). The number of nitrogens with one attached hydrogen (secondary N) is 2. The maximum Gasteiger partial charge on any atom is 0.257 e. The van der Waals surface area contributed by atoms with Crippen LogP contribution in [0.2, 0.25) is 5.02 Å². The van der Waals surface area contributed by atoms with Crippen LogP contribution < -0.4 is 15.7 Å². The zero-order valence-corrected chi connectivity index (χ0v) is 12.7. The van der Waals surface area contributed by atoms with Gasteiger partial charge in [0.15, 0.2) is 5.11 Å². The maximum atomic E-state index is 12.0. The quantitative estimate of drug-likeness (QED) is 0.838. The summed E-state index contributed by atoms with van der Waals surface area (Å²) >= 11 is 10.8. The third-order valence-corrected chi connectivity index (χ3v) is 3.13. The lowest BCUT2D eigenvalue weighted by Gasteiger charge is -2.10. The zero-order valence-electron chi connectivity index (χ0n) is 11.1. The number of amides is 1. The third-order valence-electron chi connectivity index (χ3n) is 2.69. The van der Waals surface area contributed by atoms with Crippen molar-refractivity contribution < 1.29 is 14.7 Å². The Morgan fingerprint density at radius 2 is 1.73 bits per heavy atom. The highest BCUT2D eigenvalue weighted by molar-refractivity contribution is 7.80. The number of thiocarbonyl (C=S) groups is 1. The fourth-order valence-electron chi connectivity index (χ4n) is 1.66. The molecule has 2 N–H and O–H groups in total. The zero-order chi connectivity index (χ0) is 16.1. The van der Waals surface area contributed by atoms with E-state index < -0.39 is 11.9 Å². The van der Waals surface area contributed by atoms with E-state index >= 15 is 0 Å². The van der Waals surface area contributed by atoms with E-state index in [9.17, 15) is 14.7 Å². The van der Waals surface area contributed by atoms with Gasteiger partial charge in [0.05, 0.1) is 5.97 Å². The van der Waals surface area contributed by atoms with Crippen LogP contribution in [0.15, 0.2) is 48.5 Å². The molecule has 0 spiro atoms. The fourth-order valence-corrected chi connectivity index (χ4v) is 2.06. The highest BCUT2D eigenvalue weighted by atomic mass is 35.5. The Morgan fingerprint density at radius 3 is 2.32 bits per heavy atom. The molecule has 5 nitrogen and oxygen atoms in total. The van der Waals surface area contributed by atoms with Gasteiger partial charge in [-0.3, -0.25) is 10.1 Å². The fraction of sp³-hybridized carbons (Fsp3) is 0. The van der Waals surface area contributed by atoms with Crippen LogP contribution in [-0.4, -0.2) is 17.0 Å². The molecule has 22 heavy (non-hydrogen) atoms. The summed E-state index contributed by atoms with van der Waals surface area (Å²) in [7, 11) is 0. The number of hydrogen-bond acceptors (Lipinski definition) is 4. The van der Waals surface area contributed by atoms with Crippen molar-refractivity contribution in [1.82, 2.24) is 5.32 Å². The van der Waals surface area contributed by atoms with Gasteiger partial charge in [-0.15, -0.1) is 0 Å². The van der Waals surface area contributed by atoms with Crippen molar-refractivity contribution in [2.24, 2.45) is 0 Å². The van der Waals surface area contributed by atoms with Crippen LogP contribution in [0.5, 0.6) is 0 Å². The number of halogens is 1. The SMILES string of the molecule is O=C([O-])c1ccc(NC(=S)NC(=O)c2cccc(Cl)c2)cc1. The van der Waals surface area contributed by atoms with Crippen LogP contribution in [0, 0.1) is 0 Å². The number of carboxylic acid groups (broad SMARTS) is 1. The molecule has 0 fully saturated rings. The summed E-state index contributed by atoms with van der Waals surface area (Å²) in [6.07, 6.45) is 0. The monoisotopic (exact) mass is 333 g/mol. The van der Waals surface area contributed by atoms with E-state index in [4.69, 9.17) is 23.8 Å². The van der Waals surface area contributed by atoms with Crippen molar-refractivity contribution in [1.29, 1.82) is 0 Å². The van der Waals surface area contributed by atoms with Crippen LogP contribution in [0.1, 0.15) is 20.7 Å². The molecule has 0 saturated carbocycles. The molecule has 0 heterocycles. The van der Waals surface area contributed by atoms with E-state index in [1.807, 2.05) is 0 Å². The van der Waals surface area contributed by atoms with Crippen molar-refractivity contribution in [3.8, 4) is 0 Å². The summed E-state index contributed by atoms with van der Waals surface area (Å²) in [6, 6.07) is 12.2. The van der Waals surface area contributed by atoms with Crippen molar-refractivity contribution in [3.05, 3.63) is 64.7 Å². The number of carbonyl (C=O) groups is 2. The van der Waals surface area contributed by atoms with Gasteiger partial charge in [-0.05, 0) is 48.1 Å². The number of aromatic carboxylic acids is 1. The van der Waals surface area contributed by atoms with Gasteiger partial charge in [0.25, 0.3) is 5.91 Å². The summed E-state index contributed by atoms with van der Waals surface area (Å²) in [5.41, 5.74) is 0.977. The Hall–Kier alpha value is -2.44. The average molecular weight is 334 g/mol. The van der Waals surface area contributed by atoms with E-state index in [0.29, 0.717) is 16.3 Å². The number of benzene rings is 2. The van der Waals surface area contributed by atoms with E-state index in [1.54, 1.807) is 18.2 Å². The minimum absolute atomic E-state index is 0.0550. The first-order chi connectivity index (χ1) is 10.5. The minimum atomic E-state index is -1.26. The molecule has 2 aromatic rings. The molecular weight excluding hydrogens is 324 g/mol. The Kier molecular flexibility index (Phi) is 5.08. The number of carbonyl (C=O) groups excluding carboxylic acids is 2. The van der Waals surface area contributed by atoms with Gasteiger partial charge in [-0.2, -0.15) is 0 Å². The number of hydrogen-bond donors (Lipinski definition) is 2. The van der Waals surface area contributed by atoms with Gasteiger partial charge >= 0.3 is 0 Å². The summed E-state index contributed by atoms with van der Waals surface area (Å²) in [6.45, 7) is 0. The van der Waals surface area contributed by atoms with Crippen LogP contribution in [0.3, 0.4) is 0 Å². The first-order valence-electron chi connectivity index (χ1n) is 6.15. The summed E-state index contributed by atoms with van der Waals surface area (Å²) < 4.78 is 0. The standard InChI is InChI=1S/C15H11ClN2O3S/c16-11-3-1-2-10(8-11)13(19)18-15(22)17-12-6-4-9(5-7-12)14(20)21/h1-8H,(H,20,21)(H2,17,18,19,22)/p-1. The van der Waals surface area contributed by atoms with Gasteiger partial charge in [-0.25, -0.2) is 0 Å². The largest absolute Gasteiger partial charge is 0.545 e. The predicted octanol–water partition coefficient (Wildman–Crippen LogP) is 1.83. The molecule has 0 aliphatic carbocycles. The van der Waals surface area contributed by atoms with Crippen molar-refractivity contribution in [3.63, 3.8) is 0 Å². The molecule has 0 unspecified atom stereocenters. The minimum Gasteiger partial charge on any atom is -0.545 e. The van der Waals surface area contributed by atoms with E-state index in [-0.39, 0.29) is 10.7 Å². The molecule has 0 aliphatic rings. The van der Waals surface area contributed by atoms with Gasteiger partial charge in [0.2, 0.25) is 0 Å². The van der Waals surface area contributed by atoms with Crippen molar-refractivity contribution >= 4 is 46.5 Å². The van der Waals surface area contributed by atoms with E-state index in [2.05, 4.69) is 10.6 Å². The van der Waals surface area contributed by atoms with Crippen molar-refractivity contribution in [2.45, 2.75) is 0 Å². The van der Waals surface area contributed by atoms with Gasteiger partial charge < -0.3 is 15.2 Å². The average Bonchev–Trinajstić information content (AvgIpc) is 2.47. The second-order valence-electron chi connectivity index (χ2n) is 4.28. The second-order valence-corrected chi connectivity index (χ2v) is 5.13. The Labute approximate surface area is 136 Å². The Bertz CT molecular complexity index is 732. The summed E-state index contributed by atoms with van der Waals surface area (Å²) in [4.78, 5) is 22.6. The second kappa shape index (κ2) is 7.02. The highest BCUT2D eigenvalue weighted by Gasteiger charge is 2.08. The smallest absolute Gasteiger partial charge is 0.257 e. The molecule has 2 aromatic carbocycles. The molecule has 0 aliphatic heterocycles.